The Bertz CT molecular complexity index is 640. The molecule has 0 unspecified atom stereocenters. The molecule has 112 valence electrons. The quantitative estimate of drug-likeness (QED) is 0.825. The smallest absolute Gasteiger partial charge is 0.340 e. The van der Waals surface area contributed by atoms with Crippen molar-refractivity contribution in [1.29, 1.82) is 0 Å². The first-order valence-electron chi connectivity index (χ1n) is 6.66. The van der Waals surface area contributed by atoms with E-state index in [2.05, 4.69) is 29.1 Å². The van der Waals surface area contributed by atoms with E-state index in [1.54, 1.807) is 13.0 Å². The van der Waals surface area contributed by atoms with E-state index in [1.165, 1.54) is 17.5 Å². The van der Waals surface area contributed by atoms with Crippen LogP contribution in [0.2, 0.25) is 0 Å². The van der Waals surface area contributed by atoms with E-state index in [9.17, 15) is 4.79 Å². The second-order valence-corrected chi connectivity index (χ2v) is 5.59. The molecule has 2 aromatic heterocycles. The number of nitrogens with zero attached hydrogens (tertiary/aromatic N) is 2. The number of rotatable bonds is 5. The molecule has 0 saturated carbocycles. The van der Waals surface area contributed by atoms with Crippen molar-refractivity contribution in [3.8, 4) is 0 Å². The lowest BCUT2D eigenvalue weighted by atomic mass is 10.2. The van der Waals surface area contributed by atoms with Gasteiger partial charge in [0.15, 0.2) is 5.13 Å². The molecule has 6 nitrogen and oxygen atoms in total. The molecule has 0 radical (unpaired) electrons. The highest BCUT2D eigenvalue weighted by Crippen LogP contribution is 2.25. The van der Waals surface area contributed by atoms with Crippen LogP contribution >= 0.6 is 11.3 Å². The number of thiazole rings is 1. The molecule has 2 rings (SSSR count). The van der Waals surface area contributed by atoms with Gasteiger partial charge in [-0.1, -0.05) is 13.8 Å². The summed E-state index contributed by atoms with van der Waals surface area (Å²) in [4.78, 5) is 20.4. The number of nitrogens with one attached hydrogen (secondary N) is 1. The Morgan fingerprint density at radius 3 is 2.90 bits per heavy atom. The fourth-order valence-corrected chi connectivity index (χ4v) is 2.52. The monoisotopic (exact) mass is 306 g/mol. The van der Waals surface area contributed by atoms with Crippen molar-refractivity contribution in [3.63, 3.8) is 0 Å². The zero-order valence-corrected chi connectivity index (χ0v) is 13.0. The van der Waals surface area contributed by atoms with Gasteiger partial charge in [0.2, 0.25) is 0 Å². The maximum Gasteiger partial charge on any atom is 0.340 e. The number of hydrogen-bond acceptors (Lipinski definition) is 7. The Kier molecular flexibility index (Phi) is 4.74. The standard InChI is InChI=1S/C14H18N4O2S/c1-4-20-13(19)9-5-12(16-6-10(9)15)18-14-17-11(7-21-14)8(2)3/h5-8H,4,15H2,1-3H3,(H,16,17,18). The lowest BCUT2D eigenvalue weighted by Gasteiger charge is -2.07. The molecule has 0 bridgehead atoms. The van der Waals surface area contributed by atoms with Gasteiger partial charge >= 0.3 is 5.97 Å². The molecule has 0 aliphatic carbocycles. The molecule has 0 amide bonds. The molecule has 0 atom stereocenters. The van der Waals surface area contributed by atoms with Gasteiger partial charge in [-0.15, -0.1) is 11.3 Å². The van der Waals surface area contributed by atoms with E-state index in [1.807, 2.05) is 5.38 Å². The molecule has 0 aromatic carbocycles. The van der Waals surface area contributed by atoms with E-state index in [-0.39, 0.29) is 0 Å². The van der Waals surface area contributed by atoms with Crippen LogP contribution < -0.4 is 11.1 Å². The maximum atomic E-state index is 11.8. The Hall–Kier alpha value is -2.15. The summed E-state index contributed by atoms with van der Waals surface area (Å²) in [6.45, 7) is 6.21. The van der Waals surface area contributed by atoms with Crippen LogP contribution in [-0.4, -0.2) is 22.5 Å². The number of nitrogens with two attached hydrogens (primary N) is 1. The second-order valence-electron chi connectivity index (χ2n) is 4.73. The Balaban J connectivity index is 2.20. The van der Waals surface area contributed by atoms with E-state index in [0.717, 1.165) is 10.8 Å². The lowest BCUT2D eigenvalue weighted by molar-refractivity contribution is 0.0527. The van der Waals surface area contributed by atoms with Crippen molar-refractivity contribution in [2.24, 2.45) is 0 Å². The first kappa shape index (κ1) is 15.2. The third kappa shape index (κ3) is 3.69. The lowest BCUT2D eigenvalue weighted by Crippen LogP contribution is -2.09. The third-order valence-electron chi connectivity index (χ3n) is 2.78. The molecule has 21 heavy (non-hydrogen) atoms. The first-order valence-corrected chi connectivity index (χ1v) is 7.54. The highest BCUT2D eigenvalue weighted by molar-refractivity contribution is 7.13. The number of ether oxygens (including phenoxy) is 1. The van der Waals surface area contributed by atoms with Crippen LogP contribution in [0, 0.1) is 0 Å². The third-order valence-corrected chi connectivity index (χ3v) is 3.55. The Morgan fingerprint density at radius 2 is 2.29 bits per heavy atom. The van der Waals surface area contributed by atoms with Crippen molar-refractivity contribution in [1.82, 2.24) is 9.97 Å². The van der Waals surface area contributed by atoms with Gasteiger partial charge in [0.1, 0.15) is 5.82 Å². The normalized spacial score (nSPS) is 10.7. The van der Waals surface area contributed by atoms with Crippen molar-refractivity contribution in [3.05, 3.63) is 28.9 Å². The molecule has 0 aliphatic rings. The first-order chi connectivity index (χ1) is 10.0. The van der Waals surface area contributed by atoms with Crippen LogP contribution in [0.4, 0.5) is 16.6 Å². The van der Waals surface area contributed by atoms with Gasteiger partial charge in [-0.25, -0.2) is 14.8 Å². The average molecular weight is 306 g/mol. The van der Waals surface area contributed by atoms with Gasteiger partial charge in [0.25, 0.3) is 0 Å². The minimum atomic E-state index is -0.456. The van der Waals surface area contributed by atoms with Gasteiger partial charge in [0, 0.05) is 5.38 Å². The van der Waals surface area contributed by atoms with Crippen molar-refractivity contribution in [2.45, 2.75) is 26.7 Å². The topological polar surface area (TPSA) is 90.1 Å². The molecule has 2 aromatic rings. The van der Waals surface area contributed by atoms with E-state index in [0.29, 0.717) is 29.6 Å². The summed E-state index contributed by atoms with van der Waals surface area (Å²) < 4.78 is 4.96. The van der Waals surface area contributed by atoms with Gasteiger partial charge in [-0.05, 0) is 18.9 Å². The number of aromatic nitrogens is 2. The average Bonchev–Trinajstić information content (AvgIpc) is 2.90. The van der Waals surface area contributed by atoms with Gasteiger partial charge in [-0.2, -0.15) is 0 Å². The van der Waals surface area contributed by atoms with Gasteiger partial charge < -0.3 is 15.8 Å². The number of hydrogen-bond donors (Lipinski definition) is 2. The van der Waals surface area contributed by atoms with Crippen molar-refractivity contribution < 1.29 is 9.53 Å². The molecule has 0 aliphatic heterocycles. The molecule has 2 heterocycles. The number of pyridine rings is 1. The summed E-state index contributed by atoms with van der Waals surface area (Å²) >= 11 is 1.49. The minimum Gasteiger partial charge on any atom is -0.462 e. The predicted octanol–water partition coefficient (Wildman–Crippen LogP) is 3.16. The Morgan fingerprint density at radius 1 is 1.52 bits per heavy atom. The number of esters is 1. The van der Waals surface area contributed by atoms with E-state index >= 15 is 0 Å². The minimum absolute atomic E-state index is 0.293. The number of carbonyl (C=O) groups excluding carboxylic acids is 1. The molecule has 3 N–H and O–H groups in total. The van der Waals surface area contributed by atoms with Gasteiger partial charge in [-0.3, -0.25) is 0 Å². The summed E-state index contributed by atoms with van der Waals surface area (Å²) in [5.41, 5.74) is 7.36. The highest BCUT2D eigenvalue weighted by atomic mass is 32.1. The Labute approximate surface area is 127 Å². The summed E-state index contributed by atoms with van der Waals surface area (Å²) in [5.74, 6) is 0.422. The highest BCUT2D eigenvalue weighted by Gasteiger charge is 2.13. The zero-order chi connectivity index (χ0) is 15.4. The van der Waals surface area contributed by atoms with Crippen LogP contribution in [-0.2, 0) is 4.74 Å². The van der Waals surface area contributed by atoms with E-state index in [4.69, 9.17) is 10.5 Å². The molecule has 0 saturated heterocycles. The molecular weight excluding hydrogens is 288 g/mol. The molecular formula is C14H18N4O2S. The van der Waals surface area contributed by atoms with Crippen LogP contribution in [0.1, 0.15) is 42.7 Å². The summed E-state index contributed by atoms with van der Waals surface area (Å²) in [6.07, 6.45) is 1.44. The molecule has 0 spiro atoms. The zero-order valence-electron chi connectivity index (χ0n) is 12.2. The number of anilines is 3. The van der Waals surface area contributed by atoms with Crippen LogP contribution in [0.3, 0.4) is 0 Å². The largest absolute Gasteiger partial charge is 0.462 e. The maximum absolute atomic E-state index is 11.8. The summed E-state index contributed by atoms with van der Waals surface area (Å²) in [6, 6.07) is 1.57. The van der Waals surface area contributed by atoms with Crippen LogP contribution in [0.15, 0.2) is 17.6 Å². The fourth-order valence-electron chi connectivity index (χ4n) is 1.64. The predicted molar refractivity (Wildman–Crippen MR) is 84.1 cm³/mol. The van der Waals surface area contributed by atoms with E-state index < -0.39 is 5.97 Å². The van der Waals surface area contributed by atoms with Crippen molar-refractivity contribution >= 4 is 33.9 Å². The van der Waals surface area contributed by atoms with Crippen LogP contribution in [0.5, 0.6) is 0 Å². The molecule has 7 heteroatoms. The summed E-state index contributed by atoms with van der Waals surface area (Å²) in [7, 11) is 0. The van der Waals surface area contributed by atoms with Crippen LogP contribution in [0.25, 0.3) is 0 Å². The molecule has 0 fully saturated rings. The SMILES string of the molecule is CCOC(=O)c1cc(Nc2nc(C(C)C)cs2)ncc1N. The fraction of sp³-hybridized carbons (Fsp3) is 0.357. The number of nitrogen functional groups attached to an aromatic ring is 1. The second kappa shape index (κ2) is 6.53. The van der Waals surface area contributed by atoms with Crippen molar-refractivity contribution in [2.75, 3.05) is 17.7 Å². The number of carbonyl (C=O) groups is 1. The van der Waals surface area contributed by atoms with Gasteiger partial charge in [0.05, 0.1) is 29.7 Å². The summed E-state index contributed by atoms with van der Waals surface area (Å²) in [5, 5.41) is 5.80.